The van der Waals surface area contributed by atoms with Crippen LogP contribution in [0.4, 0.5) is 0 Å². The Labute approximate surface area is 196 Å². The second-order valence-corrected chi connectivity index (χ2v) is 6.94. The van der Waals surface area contributed by atoms with Crippen LogP contribution in [-0.2, 0) is 20.4 Å². The van der Waals surface area contributed by atoms with Crippen molar-refractivity contribution in [3.8, 4) is 22.5 Å². The van der Waals surface area contributed by atoms with Crippen LogP contribution in [0.2, 0.25) is 0 Å². The number of fused-ring (bicyclic) bond motifs is 1. The van der Waals surface area contributed by atoms with E-state index in [0.717, 1.165) is 44.5 Å². The van der Waals surface area contributed by atoms with E-state index in [1.54, 1.807) is 0 Å². The topological polar surface area (TPSA) is 25.8 Å². The number of nitrogens with zero attached hydrogens (tertiary/aromatic N) is 2. The second kappa shape index (κ2) is 9.62. The van der Waals surface area contributed by atoms with Crippen molar-refractivity contribution in [3.63, 3.8) is 0 Å². The first-order valence-electron chi connectivity index (χ1n) is 9.85. The summed E-state index contributed by atoms with van der Waals surface area (Å²) in [7, 11) is 0. The average molecular weight is 489 g/mol. The van der Waals surface area contributed by atoms with Crippen molar-refractivity contribution in [3.05, 3.63) is 127 Å². The minimum absolute atomic E-state index is 0. The normalized spacial score (nSPS) is 10.8. The van der Waals surface area contributed by atoms with Gasteiger partial charge in [-0.15, -0.1) is 71.3 Å². The molecule has 150 valence electrons. The first-order chi connectivity index (χ1) is 14.9. The molecule has 2 heterocycles. The number of hydrogen-bond donors (Lipinski definition) is 0. The summed E-state index contributed by atoms with van der Waals surface area (Å²) >= 11 is 0. The van der Waals surface area contributed by atoms with Gasteiger partial charge in [0, 0.05) is 11.6 Å². The Morgan fingerprint density at radius 2 is 1.61 bits per heavy atom. The number of benzene rings is 3. The largest absolute Gasteiger partial charge is 2.00 e. The fourth-order valence-electron chi connectivity index (χ4n) is 3.54. The van der Waals surface area contributed by atoms with E-state index in [9.17, 15) is 0 Å². The van der Waals surface area contributed by atoms with E-state index in [2.05, 4.69) is 47.5 Å². The summed E-state index contributed by atoms with van der Waals surface area (Å²) in [5.41, 5.74) is 5.75. The maximum atomic E-state index is 4.82. The quantitative estimate of drug-likeness (QED) is 0.210. The molecule has 2 aromatic heterocycles. The predicted octanol–water partition coefficient (Wildman–Crippen LogP) is 6.63. The van der Waals surface area contributed by atoms with Crippen LogP contribution >= 0.6 is 0 Å². The standard InChI is InChI=1S/C28H18N2.Pd/c1-2-9-21(10-3-1)25-14-6-4-11-22(25)17-18-24-13-8-16-27(30-24)28-26-15-7-5-12-23(26)19-20-29-28;/h1-9,11-16,18-20H;/q-2;+2. The summed E-state index contributed by atoms with van der Waals surface area (Å²) < 4.78 is 0. The number of rotatable bonds is 4. The molecule has 0 saturated carbocycles. The molecule has 0 unspecified atom stereocenters. The van der Waals surface area contributed by atoms with E-state index in [1.165, 1.54) is 0 Å². The number of aromatic nitrogens is 2. The fourth-order valence-corrected chi connectivity index (χ4v) is 3.54. The van der Waals surface area contributed by atoms with E-state index >= 15 is 0 Å². The van der Waals surface area contributed by atoms with Crippen molar-refractivity contribution in [1.82, 2.24) is 9.97 Å². The van der Waals surface area contributed by atoms with Crippen LogP contribution in [0.25, 0.3) is 39.4 Å². The van der Waals surface area contributed by atoms with Gasteiger partial charge in [-0.3, -0.25) is 9.97 Å². The minimum Gasteiger partial charge on any atom is -0.294 e. The van der Waals surface area contributed by atoms with Gasteiger partial charge in [0.05, 0.1) is 11.4 Å². The average Bonchev–Trinajstić information content (AvgIpc) is 2.83. The molecule has 0 fully saturated rings. The summed E-state index contributed by atoms with van der Waals surface area (Å²) in [6.07, 6.45) is 7.18. The van der Waals surface area contributed by atoms with Gasteiger partial charge in [-0.2, -0.15) is 0 Å². The first-order valence-corrected chi connectivity index (χ1v) is 9.85. The molecule has 0 aliphatic carbocycles. The van der Waals surface area contributed by atoms with E-state index in [1.807, 2.05) is 79.0 Å². The van der Waals surface area contributed by atoms with Crippen LogP contribution in [0.5, 0.6) is 0 Å². The minimum atomic E-state index is 0. The SMILES string of the molecule is [C-](=Cc1cccc(-c2nccc3ccccc23)n1)c1ccccc1-c1[c-]cccc1.[Pd+2]. The fraction of sp³-hybridized carbons (Fsp3) is 0. The number of pyridine rings is 2. The van der Waals surface area contributed by atoms with Gasteiger partial charge >= 0.3 is 20.4 Å². The van der Waals surface area contributed by atoms with E-state index < -0.39 is 0 Å². The Morgan fingerprint density at radius 3 is 2.52 bits per heavy atom. The van der Waals surface area contributed by atoms with Crippen molar-refractivity contribution < 1.29 is 20.4 Å². The smallest absolute Gasteiger partial charge is 0.294 e. The molecule has 3 aromatic carbocycles. The van der Waals surface area contributed by atoms with Crippen LogP contribution in [0.3, 0.4) is 0 Å². The van der Waals surface area contributed by atoms with Crippen molar-refractivity contribution in [2.45, 2.75) is 0 Å². The summed E-state index contributed by atoms with van der Waals surface area (Å²) in [6.45, 7) is 0. The third kappa shape index (κ3) is 4.54. The van der Waals surface area contributed by atoms with Gasteiger partial charge in [0.1, 0.15) is 0 Å². The zero-order valence-corrected chi connectivity index (χ0v) is 18.2. The van der Waals surface area contributed by atoms with E-state index in [-0.39, 0.29) is 20.4 Å². The molecule has 0 spiro atoms. The zero-order valence-electron chi connectivity index (χ0n) is 16.6. The number of hydrogen-bond acceptors (Lipinski definition) is 2. The van der Waals surface area contributed by atoms with Crippen molar-refractivity contribution in [1.29, 1.82) is 0 Å². The Hall–Kier alpha value is -3.38. The molecule has 5 aromatic rings. The predicted molar refractivity (Wildman–Crippen MR) is 122 cm³/mol. The van der Waals surface area contributed by atoms with E-state index in [0.29, 0.717) is 0 Å². The van der Waals surface area contributed by atoms with Crippen molar-refractivity contribution >= 4 is 16.8 Å². The Morgan fingerprint density at radius 1 is 0.774 bits per heavy atom. The van der Waals surface area contributed by atoms with Gasteiger partial charge in [-0.1, -0.05) is 48.5 Å². The molecule has 5 rings (SSSR count). The van der Waals surface area contributed by atoms with Crippen LogP contribution < -0.4 is 0 Å². The monoisotopic (exact) mass is 488 g/mol. The van der Waals surface area contributed by atoms with Crippen LogP contribution in [0, 0.1) is 12.1 Å². The molecule has 0 bridgehead atoms. The van der Waals surface area contributed by atoms with Crippen LogP contribution in [-0.4, -0.2) is 9.97 Å². The molecule has 0 radical (unpaired) electrons. The summed E-state index contributed by atoms with van der Waals surface area (Å²) in [6, 6.07) is 35.7. The summed E-state index contributed by atoms with van der Waals surface area (Å²) in [5, 5.41) is 2.26. The Balaban J connectivity index is 0.00000231. The third-order valence-electron chi connectivity index (χ3n) is 4.99. The molecule has 0 N–H and O–H groups in total. The van der Waals surface area contributed by atoms with Gasteiger partial charge in [0.25, 0.3) is 0 Å². The molecule has 3 heteroatoms. The maximum absolute atomic E-state index is 4.82. The van der Waals surface area contributed by atoms with E-state index in [4.69, 9.17) is 4.98 Å². The molecular weight excluding hydrogens is 471 g/mol. The van der Waals surface area contributed by atoms with Gasteiger partial charge in [0.2, 0.25) is 0 Å². The molecule has 31 heavy (non-hydrogen) atoms. The molecular formula is C28H18N2Pd. The molecule has 2 nitrogen and oxygen atoms in total. The molecule has 0 atom stereocenters. The van der Waals surface area contributed by atoms with Crippen LogP contribution in [0.1, 0.15) is 11.3 Å². The Bertz CT molecular complexity index is 1340. The van der Waals surface area contributed by atoms with Gasteiger partial charge in [0.15, 0.2) is 0 Å². The van der Waals surface area contributed by atoms with Crippen molar-refractivity contribution in [2.24, 2.45) is 0 Å². The zero-order chi connectivity index (χ0) is 20.2. The van der Waals surface area contributed by atoms with Gasteiger partial charge in [-0.05, 0) is 23.2 Å². The van der Waals surface area contributed by atoms with Gasteiger partial charge < -0.3 is 0 Å². The molecule has 0 aliphatic rings. The molecule has 0 aliphatic heterocycles. The first kappa shape index (κ1) is 20.9. The van der Waals surface area contributed by atoms with Crippen molar-refractivity contribution in [2.75, 3.05) is 0 Å². The van der Waals surface area contributed by atoms with Gasteiger partial charge in [-0.25, -0.2) is 0 Å². The second-order valence-electron chi connectivity index (χ2n) is 6.94. The Kier molecular flexibility index (Phi) is 6.48. The summed E-state index contributed by atoms with van der Waals surface area (Å²) in [5.74, 6) is 0. The molecule has 0 amide bonds. The maximum Gasteiger partial charge on any atom is 2.00 e. The van der Waals surface area contributed by atoms with Crippen LogP contribution in [0.15, 0.2) is 103 Å². The third-order valence-corrected chi connectivity index (χ3v) is 4.99. The molecule has 0 saturated heterocycles. The summed E-state index contributed by atoms with van der Waals surface area (Å²) in [4.78, 5) is 9.41.